The highest BCUT2D eigenvalue weighted by atomic mass is 19.1. The van der Waals surface area contributed by atoms with E-state index in [2.05, 4.69) is 10.6 Å². The zero-order valence-corrected chi connectivity index (χ0v) is 11.7. The smallest absolute Gasteiger partial charge is 0.244 e. The summed E-state index contributed by atoms with van der Waals surface area (Å²) in [5, 5.41) is 5.32. The first-order chi connectivity index (χ1) is 9.49. The van der Waals surface area contributed by atoms with E-state index >= 15 is 0 Å². The van der Waals surface area contributed by atoms with Gasteiger partial charge in [-0.05, 0) is 23.8 Å². The Morgan fingerprint density at radius 3 is 2.60 bits per heavy atom. The summed E-state index contributed by atoms with van der Waals surface area (Å²) in [6, 6.07) is 5.96. The molecule has 4 nitrogen and oxygen atoms in total. The highest BCUT2D eigenvalue weighted by Gasteiger charge is 2.04. The molecule has 2 amide bonds. The minimum atomic E-state index is -0.344. The molecule has 0 fully saturated rings. The number of carbonyl (C=O) groups is 2. The lowest BCUT2D eigenvalue weighted by Gasteiger charge is -2.07. The highest BCUT2D eigenvalue weighted by molar-refractivity contribution is 5.91. The molecule has 0 aliphatic rings. The van der Waals surface area contributed by atoms with Gasteiger partial charge < -0.3 is 10.6 Å². The number of amides is 2. The molecule has 108 valence electrons. The molecule has 1 aromatic rings. The lowest BCUT2D eigenvalue weighted by molar-refractivity contribution is -0.124. The Hall–Kier alpha value is -2.17. The van der Waals surface area contributed by atoms with Crippen LogP contribution in [0, 0.1) is 11.7 Å². The van der Waals surface area contributed by atoms with Gasteiger partial charge in [0.2, 0.25) is 11.8 Å². The lowest BCUT2D eigenvalue weighted by atomic mass is 10.2. The predicted molar refractivity (Wildman–Crippen MR) is 76.3 cm³/mol. The predicted octanol–water partition coefficient (Wildman–Crippen LogP) is 1.73. The van der Waals surface area contributed by atoms with Crippen molar-refractivity contribution in [3.8, 4) is 0 Å². The third-order valence-corrected chi connectivity index (χ3v) is 2.52. The average Bonchev–Trinajstić information content (AvgIpc) is 2.41. The van der Waals surface area contributed by atoms with Crippen LogP contribution >= 0.6 is 0 Å². The molecule has 1 rings (SSSR count). The van der Waals surface area contributed by atoms with Crippen molar-refractivity contribution in [1.82, 2.24) is 10.6 Å². The summed E-state index contributed by atoms with van der Waals surface area (Å²) in [4.78, 5) is 22.7. The summed E-state index contributed by atoms with van der Waals surface area (Å²) in [6.07, 6.45) is 2.87. The number of hydrogen-bond acceptors (Lipinski definition) is 2. The van der Waals surface area contributed by atoms with E-state index in [1.165, 1.54) is 24.3 Å². The Morgan fingerprint density at radius 1 is 1.25 bits per heavy atom. The van der Waals surface area contributed by atoms with Crippen molar-refractivity contribution in [1.29, 1.82) is 0 Å². The van der Waals surface area contributed by atoms with Crippen LogP contribution in [0.3, 0.4) is 0 Å². The summed E-state index contributed by atoms with van der Waals surface area (Å²) < 4.78 is 12.9. The monoisotopic (exact) mass is 278 g/mol. The van der Waals surface area contributed by atoms with E-state index in [9.17, 15) is 14.0 Å². The first kappa shape index (κ1) is 15.9. The van der Waals surface area contributed by atoms with Gasteiger partial charge in [0.25, 0.3) is 0 Å². The topological polar surface area (TPSA) is 58.2 Å². The Kier molecular flexibility index (Phi) is 6.43. The first-order valence-electron chi connectivity index (χ1n) is 6.48. The van der Waals surface area contributed by atoms with E-state index in [1.807, 2.05) is 0 Å². The van der Waals surface area contributed by atoms with Crippen molar-refractivity contribution in [2.75, 3.05) is 13.1 Å². The minimum Gasteiger partial charge on any atom is -0.354 e. The van der Waals surface area contributed by atoms with E-state index in [4.69, 9.17) is 0 Å². The fraction of sp³-hybridized carbons (Fsp3) is 0.333. The number of rotatable bonds is 6. The molecular formula is C15H19FN2O2. The SMILES string of the molecule is CC(C)C(=O)NCCNC(=O)C=Cc1cccc(F)c1. The number of carbonyl (C=O) groups excluding carboxylic acids is 2. The van der Waals surface area contributed by atoms with Crippen LogP contribution in [0.1, 0.15) is 19.4 Å². The quantitative estimate of drug-likeness (QED) is 0.615. The number of halogens is 1. The maximum absolute atomic E-state index is 12.9. The summed E-state index contributed by atoms with van der Waals surface area (Å²) >= 11 is 0. The van der Waals surface area contributed by atoms with Crippen LogP contribution in [0.4, 0.5) is 4.39 Å². The van der Waals surface area contributed by atoms with Gasteiger partial charge in [-0.25, -0.2) is 4.39 Å². The summed E-state index contributed by atoms with van der Waals surface area (Å²) in [5.74, 6) is -0.745. The maximum atomic E-state index is 12.9. The Balaban J connectivity index is 2.28. The van der Waals surface area contributed by atoms with Gasteiger partial charge in [-0.2, -0.15) is 0 Å². The molecule has 1 aromatic carbocycles. The van der Waals surface area contributed by atoms with Gasteiger partial charge in [0.15, 0.2) is 0 Å². The Morgan fingerprint density at radius 2 is 1.95 bits per heavy atom. The molecular weight excluding hydrogens is 259 g/mol. The van der Waals surface area contributed by atoms with E-state index in [-0.39, 0.29) is 23.5 Å². The average molecular weight is 278 g/mol. The molecule has 0 unspecified atom stereocenters. The molecule has 0 bridgehead atoms. The zero-order chi connectivity index (χ0) is 15.0. The molecule has 0 saturated heterocycles. The lowest BCUT2D eigenvalue weighted by Crippen LogP contribution is -2.35. The number of hydrogen-bond donors (Lipinski definition) is 2. The van der Waals surface area contributed by atoms with Crippen molar-refractivity contribution < 1.29 is 14.0 Å². The van der Waals surface area contributed by atoms with Crippen LogP contribution in [0.5, 0.6) is 0 Å². The van der Waals surface area contributed by atoms with E-state index in [1.54, 1.807) is 26.0 Å². The van der Waals surface area contributed by atoms with Gasteiger partial charge in [-0.1, -0.05) is 26.0 Å². The molecule has 0 saturated carbocycles. The van der Waals surface area contributed by atoms with Gasteiger partial charge in [0, 0.05) is 25.1 Å². The van der Waals surface area contributed by atoms with Crippen molar-refractivity contribution in [3.05, 3.63) is 41.7 Å². The van der Waals surface area contributed by atoms with E-state index < -0.39 is 0 Å². The van der Waals surface area contributed by atoms with Gasteiger partial charge in [0.1, 0.15) is 5.82 Å². The van der Waals surface area contributed by atoms with Gasteiger partial charge >= 0.3 is 0 Å². The zero-order valence-electron chi connectivity index (χ0n) is 11.7. The fourth-order valence-corrected chi connectivity index (χ4v) is 1.42. The van der Waals surface area contributed by atoms with Gasteiger partial charge in [0.05, 0.1) is 0 Å². The normalized spacial score (nSPS) is 10.8. The largest absolute Gasteiger partial charge is 0.354 e. The number of nitrogens with one attached hydrogen (secondary N) is 2. The van der Waals surface area contributed by atoms with E-state index in [0.717, 1.165) is 0 Å². The Labute approximate surface area is 118 Å². The van der Waals surface area contributed by atoms with E-state index in [0.29, 0.717) is 18.7 Å². The van der Waals surface area contributed by atoms with Gasteiger partial charge in [-0.3, -0.25) is 9.59 Å². The van der Waals surface area contributed by atoms with Crippen molar-refractivity contribution in [2.45, 2.75) is 13.8 Å². The summed E-state index contributed by atoms with van der Waals surface area (Å²) in [6.45, 7) is 4.34. The van der Waals surface area contributed by atoms with Crippen LogP contribution in [0.2, 0.25) is 0 Å². The van der Waals surface area contributed by atoms with Crippen LogP contribution in [0.15, 0.2) is 30.3 Å². The molecule has 0 heterocycles. The van der Waals surface area contributed by atoms with Crippen molar-refractivity contribution in [3.63, 3.8) is 0 Å². The summed E-state index contributed by atoms with van der Waals surface area (Å²) in [5.41, 5.74) is 0.619. The standard InChI is InChI=1S/C15H19FN2O2/c1-11(2)15(20)18-9-8-17-14(19)7-6-12-4-3-5-13(16)10-12/h3-7,10-11H,8-9H2,1-2H3,(H,17,19)(H,18,20). The molecule has 5 heteroatoms. The fourth-order valence-electron chi connectivity index (χ4n) is 1.42. The second-order valence-corrected chi connectivity index (χ2v) is 4.63. The molecule has 0 aromatic heterocycles. The molecule has 20 heavy (non-hydrogen) atoms. The molecule has 0 spiro atoms. The molecule has 0 atom stereocenters. The molecule has 0 radical (unpaired) electrons. The van der Waals surface area contributed by atoms with Crippen LogP contribution < -0.4 is 10.6 Å². The van der Waals surface area contributed by atoms with Crippen molar-refractivity contribution >= 4 is 17.9 Å². The van der Waals surface area contributed by atoms with Crippen molar-refractivity contribution in [2.24, 2.45) is 5.92 Å². The van der Waals surface area contributed by atoms with Crippen LogP contribution in [0.25, 0.3) is 6.08 Å². The van der Waals surface area contributed by atoms with Gasteiger partial charge in [-0.15, -0.1) is 0 Å². The highest BCUT2D eigenvalue weighted by Crippen LogP contribution is 2.04. The minimum absolute atomic E-state index is 0.0467. The molecule has 2 N–H and O–H groups in total. The Bertz CT molecular complexity index is 498. The molecule has 0 aliphatic heterocycles. The summed E-state index contributed by atoms with van der Waals surface area (Å²) in [7, 11) is 0. The second kappa shape index (κ2) is 8.09. The number of benzene rings is 1. The molecule has 0 aliphatic carbocycles. The third-order valence-electron chi connectivity index (χ3n) is 2.52. The second-order valence-electron chi connectivity index (χ2n) is 4.63. The van der Waals surface area contributed by atoms with Crippen LogP contribution in [-0.4, -0.2) is 24.9 Å². The van der Waals surface area contributed by atoms with Crippen LogP contribution in [-0.2, 0) is 9.59 Å². The third kappa shape index (κ3) is 6.13. The maximum Gasteiger partial charge on any atom is 0.244 e. The first-order valence-corrected chi connectivity index (χ1v) is 6.48.